The van der Waals surface area contributed by atoms with Crippen molar-refractivity contribution in [1.82, 2.24) is 15.6 Å². The number of nitrogens with one attached hydrogen (secondary N) is 3. The van der Waals surface area contributed by atoms with Crippen LogP contribution in [-0.4, -0.2) is 25.1 Å². The van der Waals surface area contributed by atoms with Crippen LogP contribution in [0.2, 0.25) is 0 Å². The van der Waals surface area contributed by atoms with E-state index in [1.807, 2.05) is 7.05 Å². The van der Waals surface area contributed by atoms with Gasteiger partial charge in [-0.3, -0.25) is 0 Å². The minimum Gasteiger partial charge on any atom is -0.361 e. The Bertz CT molecular complexity index is 419. The molecule has 3 nitrogen and oxygen atoms in total. The van der Waals surface area contributed by atoms with Gasteiger partial charge in [-0.2, -0.15) is 0 Å². The summed E-state index contributed by atoms with van der Waals surface area (Å²) in [7, 11) is 1.97. The lowest BCUT2D eigenvalue weighted by Gasteiger charge is -2.02. The molecule has 80 valence electrons. The average molecular weight is 203 g/mol. The van der Waals surface area contributed by atoms with E-state index in [2.05, 4.69) is 46.1 Å². The lowest BCUT2D eigenvalue weighted by molar-refractivity contribution is 0.652. The van der Waals surface area contributed by atoms with E-state index in [4.69, 9.17) is 0 Å². The van der Waals surface area contributed by atoms with Crippen LogP contribution in [0.4, 0.5) is 0 Å². The lowest BCUT2D eigenvalue weighted by Crippen LogP contribution is -2.24. The molecule has 0 spiro atoms. The van der Waals surface area contributed by atoms with Gasteiger partial charge in [0, 0.05) is 36.7 Å². The van der Waals surface area contributed by atoms with Crippen molar-refractivity contribution in [3.8, 4) is 0 Å². The standard InChI is InChI=1S/C12H17N3/c1-13-6-7-14-8-10-9-15-12-5-3-2-4-11(10)12/h2-5,9,13-15H,6-8H2,1H3. The number of aromatic nitrogens is 1. The van der Waals surface area contributed by atoms with E-state index in [-0.39, 0.29) is 0 Å². The summed E-state index contributed by atoms with van der Waals surface area (Å²) >= 11 is 0. The first-order chi connectivity index (χ1) is 7.42. The largest absolute Gasteiger partial charge is 0.361 e. The summed E-state index contributed by atoms with van der Waals surface area (Å²) in [6.45, 7) is 2.92. The first-order valence-electron chi connectivity index (χ1n) is 5.32. The van der Waals surface area contributed by atoms with Crippen molar-refractivity contribution < 1.29 is 0 Å². The molecule has 1 heterocycles. The van der Waals surface area contributed by atoms with Crippen molar-refractivity contribution >= 4 is 10.9 Å². The van der Waals surface area contributed by atoms with Gasteiger partial charge in [0.25, 0.3) is 0 Å². The molecule has 0 saturated heterocycles. The number of hydrogen-bond acceptors (Lipinski definition) is 2. The Labute approximate surface area is 89.9 Å². The van der Waals surface area contributed by atoms with Gasteiger partial charge in [0.05, 0.1) is 0 Å². The molecule has 0 aliphatic heterocycles. The molecule has 0 amide bonds. The van der Waals surface area contributed by atoms with Crippen LogP contribution in [0.25, 0.3) is 10.9 Å². The van der Waals surface area contributed by atoms with Gasteiger partial charge in [-0.05, 0) is 18.7 Å². The van der Waals surface area contributed by atoms with Crippen LogP contribution in [0.1, 0.15) is 5.56 Å². The highest BCUT2D eigenvalue weighted by Gasteiger charge is 2.00. The summed E-state index contributed by atoms with van der Waals surface area (Å²) in [6.07, 6.45) is 2.08. The maximum absolute atomic E-state index is 3.40. The summed E-state index contributed by atoms with van der Waals surface area (Å²) in [4.78, 5) is 3.27. The first kappa shape index (κ1) is 10.2. The third kappa shape index (κ3) is 2.37. The van der Waals surface area contributed by atoms with Gasteiger partial charge in [-0.25, -0.2) is 0 Å². The molecule has 0 aliphatic rings. The van der Waals surface area contributed by atoms with E-state index in [0.717, 1.165) is 19.6 Å². The SMILES string of the molecule is CNCCNCc1c[nH]c2ccccc12. The van der Waals surface area contributed by atoms with Gasteiger partial charge in [0.15, 0.2) is 0 Å². The highest BCUT2D eigenvalue weighted by molar-refractivity contribution is 5.82. The third-order valence-electron chi connectivity index (χ3n) is 2.54. The van der Waals surface area contributed by atoms with Gasteiger partial charge in [0.2, 0.25) is 0 Å². The van der Waals surface area contributed by atoms with E-state index in [1.165, 1.54) is 16.5 Å². The fourth-order valence-corrected chi connectivity index (χ4v) is 1.71. The Kier molecular flexibility index (Phi) is 3.37. The van der Waals surface area contributed by atoms with Crippen molar-refractivity contribution in [2.45, 2.75) is 6.54 Å². The van der Waals surface area contributed by atoms with Gasteiger partial charge in [0.1, 0.15) is 0 Å². The summed E-state index contributed by atoms with van der Waals surface area (Å²) < 4.78 is 0. The third-order valence-corrected chi connectivity index (χ3v) is 2.54. The van der Waals surface area contributed by atoms with Gasteiger partial charge >= 0.3 is 0 Å². The molecule has 1 aromatic carbocycles. The van der Waals surface area contributed by atoms with Crippen molar-refractivity contribution in [3.63, 3.8) is 0 Å². The predicted octanol–water partition coefficient (Wildman–Crippen LogP) is 1.48. The minimum atomic E-state index is 0.922. The van der Waals surface area contributed by atoms with Crippen LogP contribution >= 0.6 is 0 Å². The Morgan fingerprint density at radius 2 is 2.07 bits per heavy atom. The minimum absolute atomic E-state index is 0.922. The Hall–Kier alpha value is -1.32. The fourth-order valence-electron chi connectivity index (χ4n) is 1.71. The number of hydrogen-bond donors (Lipinski definition) is 3. The molecule has 0 saturated carbocycles. The lowest BCUT2D eigenvalue weighted by atomic mass is 10.2. The summed E-state index contributed by atoms with van der Waals surface area (Å²) in [5, 5.41) is 7.83. The monoisotopic (exact) mass is 203 g/mol. The zero-order valence-electron chi connectivity index (χ0n) is 9.01. The maximum Gasteiger partial charge on any atom is 0.0457 e. The van der Waals surface area contributed by atoms with Gasteiger partial charge in [-0.1, -0.05) is 18.2 Å². The normalized spacial score (nSPS) is 11.0. The first-order valence-corrected chi connectivity index (χ1v) is 5.32. The molecule has 0 unspecified atom stereocenters. The number of benzene rings is 1. The van der Waals surface area contributed by atoms with Crippen molar-refractivity contribution in [2.24, 2.45) is 0 Å². The fraction of sp³-hybridized carbons (Fsp3) is 0.333. The molecular formula is C12H17N3. The van der Waals surface area contributed by atoms with E-state index in [1.54, 1.807) is 0 Å². The topological polar surface area (TPSA) is 39.8 Å². The second kappa shape index (κ2) is 4.96. The van der Waals surface area contributed by atoms with Crippen LogP contribution in [0.3, 0.4) is 0 Å². The van der Waals surface area contributed by atoms with Gasteiger partial charge in [-0.15, -0.1) is 0 Å². The average Bonchev–Trinajstić information content (AvgIpc) is 2.68. The van der Waals surface area contributed by atoms with Crippen LogP contribution in [0.5, 0.6) is 0 Å². The highest BCUT2D eigenvalue weighted by atomic mass is 14.9. The molecule has 2 rings (SSSR count). The highest BCUT2D eigenvalue weighted by Crippen LogP contribution is 2.16. The van der Waals surface area contributed by atoms with Crippen molar-refractivity contribution in [3.05, 3.63) is 36.0 Å². The molecule has 1 aromatic heterocycles. The zero-order valence-corrected chi connectivity index (χ0v) is 9.01. The van der Waals surface area contributed by atoms with Crippen molar-refractivity contribution in [1.29, 1.82) is 0 Å². The van der Waals surface area contributed by atoms with E-state index >= 15 is 0 Å². The number of aromatic amines is 1. The number of rotatable bonds is 5. The maximum atomic E-state index is 3.40. The molecule has 0 aliphatic carbocycles. The molecule has 3 heteroatoms. The summed E-state index contributed by atoms with van der Waals surface area (Å²) in [6, 6.07) is 8.39. The molecule has 0 fully saturated rings. The van der Waals surface area contributed by atoms with Crippen LogP contribution in [0, 0.1) is 0 Å². The number of likely N-dealkylation sites (N-methyl/N-ethyl adjacent to an activating group) is 1. The second-order valence-electron chi connectivity index (χ2n) is 3.64. The predicted molar refractivity (Wildman–Crippen MR) is 63.9 cm³/mol. The summed E-state index contributed by atoms with van der Waals surface area (Å²) in [5.74, 6) is 0. The van der Waals surface area contributed by atoms with E-state index in [0.29, 0.717) is 0 Å². The Morgan fingerprint density at radius 3 is 2.93 bits per heavy atom. The Balaban J connectivity index is 2.02. The molecule has 2 aromatic rings. The molecule has 0 bridgehead atoms. The van der Waals surface area contributed by atoms with Crippen LogP contribution in [-0.2, 0) is 6.54 Å². The van der Waals surface area contributed by atoms with Gasteiger partial charge < -0.3 is 15.6 Å². The Morgan fingerprint density at radius 1 is 1.20 bits per heavy atom. The number of H-pyrrole nitrogens is 1. The second-order valence-corrected chi connectivity index (χ2v) is 3.64. The van der Waals surface area contributed by atoms with Crippen LogP contribution in [0.15, 0.2) is 30.5 Å². The number of para-hydroxylation sites is 1. The quantitative estimate of drug-likeness (QED) is 0.644. The molecule has 0 atom stereocenters. The smallest absolute Gasteiger partial charge is 0.0457 e. The molecular weight excluding hydrogens is 186 g/mol. The molecule has 15 heavy (non-hydrogen) atoms. The summed E-state index contributed by atoms with van der Waals surface area (Å²) in [5.41, 5.74) is 2.55. The van der Waals surface area contributed by atoms with E-state index in [9.17, 15) is 0 Å². The van der Waals surface area contributed by atoms with E-state index < -0.39 is 0 Å². The van der Waals surface area contributed by atoms with Crippen LogP contribution < -0.4 is 10.6 Å². The zero-order chi connectivity index (χ0) is 10.5. The molecule has 0 radical (unpaired) electrons. The van der Waals surface area contributed by atoms with Crippen molar-refractivity contribution in [2.75, 3.05) is 20.1 Å². The number of fused-ring (bicyclic) bond motifs is 1. The molecule has 3 N–H and O–H groups in total.